The summed E-state index contributed by atoms with van der Waals surface area (Å²) in [5.41, 5.74) is 0.880. The Kier molecular flexibility index (Phi) is 3.21. The van der Waals surface area contributed by atoms with Gasteiger partial charge in [-0.25, -0.2) is 4.98 Å². The molecule has 0 saturated heterocycles. The third-order valence-corrected chi connectivity index (χ3v) is 3.16. The number of halogens is 2. The van der Waals surface area contributed by atoms with Crippen LogP contribution in [0.3, 0.4) is 0 Å². The topological polar surface area (TPSA) is 42.6 Å². The zero-order chi connectivity index (χ0) is 9.97. The third kappa shape index (κ3) is 2.00. The van der Waals surface area contributed by atoms with Crippen LogP contribution in [0, 0.1) is 3.57 Å². The summed E-state index contributed by atoms with van der Waals surface area (Å²) in [6.07, 6.45) is 4.99. The average Bonchev–Trinajstić information content (AvgIpc) is 2.20. The molecule has 0 aliphatic carbocycles. The maximum Gasteiger partial charge on any atom is 0.301 e. The van der Waals surface area contributed by atoms with Gasteiger partial charge in [0, 0.05) is 9.77 Å². The van der Waals surface area contributed by atoms with Crippen LogP contribution < -0.4 is 2.78 Å². The zero-order valence-corrected chi connectivity index (χ0v) is 11.2. The van der Waals surface area contributed by atoms with E-state index in [1.54, 1.807) is 12.5 Å². The highest BCUT2D eigenvalue weighted by atomic mass is 127. The minimum Gasteiger partial charge on any atom is -0.249 e. The molecule has 0 amide bonds. The summed E-state index contributed by atoms with van der Waals surface area (Å²) < 4.78 is 2.90. The first-order chi connectivity index (χ1) is 6.79. The number of pyridine rings is 1. The van der Waals surface area contributed by atoms with E-state index in [1.165, 1.54) is 6.33 Å². The first-order valence-electron chi connectivity index (χ1n) is 3.78. The molecule has 0 unspecified atom stereocenters. The van der Waals surface area contributed by atoms with Gasteiger partial charge in [0.05, 0.1) is 0 Å². The van der Waals surface area contributed by atoms with E-state index in [4.69, 9.17) is 0 Å². The second-order valence-electron chi connectivity index (χ2n) is 2.48. The standard InChI is InChI=1S/C8H5I2N4/c9-6-2-1-3-12-7(6)8-13-4-11-5-14(8)10/h1-5H/q+1. The molecule has 0 atom stereocenters. The summed E-state index contributed by atoms with van der Waals surface area (Å²) in [4.78, 5) is 12.4. The van der Waals surface area contributed by atoms with E-state index in [2.05, 4.69) is 60.4 Å². The van der Waals surface area contributed by atoms with Crippen LogP contribution in [-0.2, 0) is 0 Å². The number of aromatic nitrogens is 4. The van der Waals surface area contributed by atoms with Crippen molar-refractivity contribution in [1.29, 1.82) is 0 Å². The van der Waals surface area contributed by atoms with Gasteiger partial charge in [-0.05, 0) is 34.7 Å². The largest absolute Gasteiger partial charge is 0.301 e. The van der Waals surface area contributed by atoms with Crippen molar-refractivity contribution in [1.82, 2.24) is 15.0 Å². The van der Waals surface area contributed by atoms with Crippen molar-refractivity contribution < 1.29 is 2.78 Å². The Morgan fingerprint density at radius 3 is 2.86 bits per heavy atom. The van der Waals surface area contributed by atoms with Crippen LogP contribution >= 0.6 is 45.5 Å². The lowest BCUT2D eigenvalue weighted by Crippen LogP contribution is -2.25. The Hall–Kier alpha value is -0.380. The molecule has 0 radical (unpaired) electrons. The number of hydrogen-bond donors (Lipinski definition) is 0. The molecule has 0 N–H and O–H groups in total. The van der Waals surface area contributed by atoms with E-state index in [-0.39, 0.29) is 0 Å². The molecule has 2 heterocycles. The predicted octanol–water partition coefficient (Wildman–Crippen LogP) is 1.63. The molecule has 4 nitrogen and oxygen atoms in total. The maximum absolute atomic E-state index is 4.29. The highest BCUT2D eigenvalue weighted by Crippen LogP contribution is 2.17. The Bertz CT molecular complexity index is 417. The zero-order valence-electron chi connectivity index (χ0n) is 6.93. The second-order valence-corrected chi connectivity index (χ2v) is 4.68. The summed E-state index contributed by atoms with van der Waals surface area (Å²) >= 11 is 4.37. The van der Waals surface area contributed by atoms with Gasteiger partial charge in [0.2, 0.25) is 6.33 Å². The fourth-order valence-corrected chi connectivity index (χ4v) is 2.08. The molecule has 0 bridgehead atoms. The Morgan fingerprint density at radius 2 is 2.14 bits per heavy atom. The van der Waals surface area contributed by atoms with Crippen molar-refractivity contribution in [2.45, 2.75) is 0 Å². The molecule has 2 rings (SSSR count). The van der Waals surface area contributed by atoms with E-state index in [0.717, 1.165) is 15.1 Å². The Labute approximate surface area is 108 Å². The van der Waals surface area contributed by atoms with Crippen LogP contribution in [0.15, 0.2) is 31.0 Å². The molecule has 2 aromatic rings. The van der Waals surface area contributed by atoms with Crippen molar-refractivity contribution in [2.24, 2.45) is 0 Å². The van der Waals surface area contributed by atoms with Crippen LogP contribution in [0.5, 0.6) is 0 Å². The van der Waals surface area contributed by atoms with Gasteiger partial charge in [0.25, 0.3) is 6.33 Å². The van der Waals surface area contributed by atoms with E-state index < -0.39 is 0 Å². The lowest BCUT2D eigenvalue weighted by Gasteiger charge is -1.98. The molecule has 0 fully saturated rings. The third-order valence-electron chi connectivity index (χ3n) is 1.59. The van der Waals surface area contributed by atoms with E-state index >= 15 is 0 Å². The molecular weight excluding hydrogens is 406 g/mol. The smallest absolute Gasteiger partial charge is 0.249 e. The molecular formula is C8H5I2N4+. The van der Waals surface area contributed by atoms with Crippen molar-refractivity contribution in [3.05, 3.63) is 34.6 Å². The van der Waals surface area contributed by atoms with Gasteiger partial charge < -0.3 is 0 Å². The van der Waals surface area contributed by atoms with E-state index in [0.29, 0.717) is 0 Å². The summed E-state index contributed by atoms with van der Waals surface area (Å²) in [5.74, 6) is 0.811. The predicted molar refractivity (Wildman–Crippen MR) is 67.6 cm³/mol. The lowest BCUT2D eigenvalue weighted by molar-refractivity contribution is -0.436. The molecule has 0 spiro atoms. The van der Waals surface area contributed by atoms with Gasteiger partial charge >= 0.3 is 5.82 Å². The number of rotatable bonds is 1. The normalized spacial score (nSPS) is 10.1. The fraction of sp³-hybridized carbons (Fsp3) is 0. The van der Waals surface area contributed by atoms with E-state index in [1.807, 2.05) is 14.9 Å². The highest BCUT2D eigenvalue weighted by Gasteiger charge is 2.14. The van der Waals surface area contributed by atoms with Gasteiger partial charge in [-0.1, -0.05) is 9.97 Å². The molecule has 0 aliphatic heterocycles. The Morgan fingerprint density at radius 1 is 1.29 bits per heavy atom. The minimum atomic E-state index is 0.811. The first kappa shape index (κ1) is 10.1. The minimum absolute atomic E-state index is 0.811. The molecule has 2 aromatic heterocycles. The quantitative estimate of drug-likeness (QED) is 0.671. The van der Waals surface area contributed by atoms with Crippen LogP contribution in [-0.4, -0.2) is 15.0 Å². The van der Waals surface area contributed by atoms with E-state index in [9.17, 15) is 0 Å². The number of nitrogens with zero attached hydrogens (tertiary/aromatic N) is 4. The van der Waals surface area contributed by atoms with Crippen LogP contribution in [0.2, 0.25) is 0 Å². The molecule has 14 heavy (non-hydrogen) atoms. The molecule has 0 aromatic carbocycles. The van der Waals surface area contributed by atoms with Gasteiger partial charge in [-0.2, -0.15) is 2.78 Å². The monoisotopic (exact) mass is 411 g/mol. The summed E-state index contributed by atoms with van der Waals surface area (Å²) in [5, 5.41) is 0. The molecule has 6 heteroatoms. The number of hydrogen-bond acceptors (Lipinski definition) is 3. The molecule has 0 saturated carbocycles. The van der Waals surface area contributed by atoms with Gasteiger partial charge in [-0.15, -0.1) is 0 Å². The summed E-state index contributed by atoms with van der Waals surface area (Å²) in [6.45, 7) is 0. The Balaban J connectivity index is 2.61. The van der Waals surface area contributed by atoms with Crippen LogP contribution in [0.25, 0.3) is 11.5 Å². The van der Waals surface area contributed by atoms with Gasteiger partial charge in [-0.3, -0.25) is 0 Å². The maximum atomic E-state index is 4.29. The van der Waals surface area contributed by atoms with Crippen LogP contribution in [0.1, 0.15) is 0 Å². The van der Waals surface area contributed by atoms with Crippen molar-refractivity contribution in [3.63, 3.8) is 0 Å². The second kappa shape index (κ2) is 4.43. The van der Waals surface area contributed by atoms with Crippen molar-refractivity contribution in [2.75, 3.05) is 0 Å². The summed E-state index contributed by atoms with van der Waals surface area (Å²) in [6, 6.07) is 3.91. The van der Waals surface area contributed by atoms with Gasteiger partial charge in [0.15, 0.2) is 28.6 Å². The molecule has 0 aliphatic rings. The fourth-order valence-electron chi connectivity index (χ4n) is 0.999. The molecule has 70 valence electrons. The first-order valence-corrected chi connectivity index (χ1v) is 5.82. The van der Waals surface area contributed by atoms with Crippen LogP contribution in [0.4, 0.5) is 0 Å². The lowest BCUT2D eigenvalue weighted by atomic mass is 10.3. The van der Waals surface area contributed by atoms with Gasteiger partial charge in [0.1, 0.15) is 0 Å². The van der Waals surface area contributed by atoms with Crippen molar-refractivity contribution in [3.8, 4) is 11.5 Å². The SMILES string of the molecule is Ic1cccnc1-c1ncnc[n+]1I. The highest BCUT2D eigenvalue weighted by molar-refractivity contribution is 14.1. The van der Waals surface area contributed by atoms with Crippen molar-refractivity contribution >= 4 is 45.5 Å². The summed E-state index contributed by atoms with van der Waals surface area (Å²) in [7, 11) is 0. The average molecular weight is 411 g/mol.